The zero-order valence-corrected chi connectivity index (χ0v) is 16.2. The van der Waals surface area contributed by atoms with E-state index in [0.717, 1.165) is 17.5 Å². The zero-order valence-electron chi connectivity index (χ0n) is 14.6. The second-order valence-corrected chi connectivity index (χ2v) is 9.35. The monoisotopic (exact) mass is 391 g/mol. The van der Waals surface area contributed by atoms with Crippen molar-refractivity contribution in [3.8, 4) is 0 Å². The van der Waals surface area contributed by atoms with Crippen LogP contribution < -0.4 is 5.32 Å². The van der Waals surface area contributed by atoms with E-state index in [2.05, 4.69) is 59.4 Å². The van der Waals surface area contributed by atoms with Crippen molar-refractivity contribution in [1.29, 1.82) is 0 Å². The van der Waals surface area contributed by atoms with Gasteiger partial charge in [0.25, 0.3) is 0 Å². The fourth-order valence-electron chi connectivity index (χ4n) is 6.00. The summed E-state index contributed by atoms with van der Waals surface area (Å²) in [4.78, 5) is 11.9. The molecular weight excluding hydrogens is 366 g/mol. The van der Waals surface area contributed by atoms with E-state index in [-0.39, 0.29) is 28.9 Å². The summed E-state index contributed by atoms with van der Waals surface area (Å²) in [5, 5.41) is 3.33. The largest absolute Gasteiger partial charge is 0.373 e. The second-order valence-electron chi connectivity index (χ2n) is 8.49. The Hall–Kier alpha value is -0.870. The molecule has 1 saturated heterocycles. The molecule has 0 unspecified atom stereocenters. The van der Waals surface area contributed by atoms with Gasteiger partial charge in [-0.1, -0.05) is 48.0 Å². The lowest BCUT2D eigenvalue weighted by Crippen LogP contribution is -2.58. The van der Waals surface area contributed by atoms with Crippen LogP contribution in [0.4, 0.5) is 0 Å². The average molecular weight is 392 g/mol. The first-order chi connectivity index (χ1) is 11.4. The summed E-state index contributed by atoms with van der Waals surface area (Å²) in [6.07, 6.45) is 3.62. The van der Waals surface area contributed by atoms with Gasteiger partial charge in [-0.15, -0.1) is 0 Å². The number of carbonyl (C=O) groups is 1. The highest BCUT2D eigenvalue weighted by Gasteiger charge is 2.68. The zero-order chi connectivity index (χ0) is 17.1. The Morgan fingerprint density at radius 2 is 2.08 bits per heavy atom. The predicted octanol–water partition coefficient (Wildman–Crippen LogP) is 4.47. The third-order valence-electron chi connectivity index (χ3n) is 7.06. The molecule has 24 heavy (non-hydrogen) atoms. The molecule has 4 heteroatoms. The number of rotatable bonds is 2. The standard InChI is InChI=1S/C20H26BrNO2/c1-12(23)22-18-19(2,3)13-10-15-17(14-6-4-5-7-16(14)21)24-9-8-20(15,18)11-13/h4-7,13,15,17-18H,8-11H2,1-3H3,(H,22,23)/t13-,15-,17-,18+,20-/m1/s1. The molecule has 1 heterocycles. The lowest BCUT2D eigenvalue weighted by molar-refractivity contribution is -0.136. The molecule has 1 aromatic carbocycles. The number of hydrogen-bond acceptors (Lipinski definition) is 2. The van der Waals surface area contributed by atoms with E-state index >= 15 is 0 Å². The van der Waals surface area contributed by atoms with Gasteiger partial charge in [0.15, 0.2) is 0 Å². The van der Waals surface area contributed by atoms with Crippen LogP contribution in [0.3, 0.4) is 0 Å². The molecule has 1 amide bonds. The quantitative estimate of drug-likeness (QED) is 0.807. The van der Waals surface area contributed by atoms with E-state index in [0.29, 0.717) is 11.8 Å². The SMILES string of the molecule is CC(=O)N[C@H]1C(C)(C)[C@@H]2C[C@@H]3[C@@H](c4ccccc4Br)OCC[C@@]31C2. The second kappa shape index (κ2) is 5.57. The molecule has 0 radical (unpaired) electrons. The normalized spacial score (nSPS) is 39.5. The molecule has 0 aromatic heterocycles. The molecule has 3 aliphatic rings. The van der Waals surface area contributed by atoms with Crippen molar-refractivity contribution in [2.45, 2.75) is 52.2 Å². The number of benzene rings is 1. The maximum Gasteiger partial charge on any atom is 0.217 e. The summed E-state index contributed by atoms with van der Waals surface area (Å²) in [6, 6.07) is 8.67. The Balaban J connectivity index is 1.74. The summed E-state index contributed by atoms with van der Waals surface area (Å²) in [6.45, 7) is 7.11. The molecular formula is C20H26BrNO2. The number of halogens is 1. The molecule has 2 bridgehead atoms. The number of fused-ring (bicyclic) bond motifs is 1. The first-order valence-corrected chi connectivity index (χ1v) is 9.79. The maximum absolute atomic E-state index is 11.9. The third kappa shape index (κ3) is 2.22. The topological polar surface area (TPSA) is 38.3 Å². The number of hydrogen-bond donors (Lipinski definition) is 1. The van der Waals surface area contributed by atoms with Gasteiger partial charge < -0.3 is 10.1 Å². The Morgan fingerprint density at radius 1 is 1.33 bits per heavy atom. The fraction of sp³-hybridized carbons (Fsp3) is 0.650. The van der Waals surface area contributed by atoms with Crippen LogP contribution in [-0.4, -0.2) is 18.6 Å². The van der Waals surface area contributed by atoms with Crippen LogP contribution in [0.5, 0.6) is 0 Å². The van der Waals surface area contributed by atoms with Crippen molar-refractivity contribution in [1.82, 2.24) is 5.32 Å². The van der Waals surface area contributed by atoms with Crippen molar-refractivity contribution in [3.05, 3.63) is 34.3 Å². The molecule has 1 N–H and O–H groups in total. The number of amides is 1. The van der Waals surface area contributed by atoms with Gasteiger partial charge in [-0.3, -0.25) is 4.79 Å². The third-order valence-corrected chi connectivity index (χ3v) is 7.79. The van der Waals surface area contributed by atoms with Gasteiger partial charge in [-0.05, 0) is 53.6 Å². The molecule has 130 valence electrons. The van der Waals surface area contributed by atoms with Crippen LogP contribution in [0.2, 0.25) is 0 Å². The molecule has 1 aromatic rings. The van der Waals surface area contributed by atoms with Crippen molar-refractivity contribution in [2.24, 2.45) is 22.7 Å². The summed E-state index contributed by atoms with van der Waals surface area (Å²) >= 11 is 3.71. The molecule has 1 spiro atoms. The van der Waals surface area contributed by atoms with Crippen molar-refractivity contribution < 1.29 is 9.53 Å². The number of carbonyl (C=O) groups excluding carboxylic acids is 1. The maximum atomic E-state index is 11.9. The first-order valence-electron chi connectivity index (χ1n) is 8.99. The van der Waals surface area contributed by atoms with Gasteiger partial charge in [-0.25, -0.2) is 0 Å². The van der Waals surface area contributed by atoms with E-state index in [4.69, 9.17) is 4.74 Å². The van der Waals surface area contributed by atoms with E-state index < -0.39 is 0 Å². The molecule has 2 aliphatic carbocycles. The van der Waals surface area contributed by atoms with Gasteiger partial charge in [0.2, 0.25) is 5.91 Å². The number of ether oxygens (including phenoxy) is 1. The van der Waals surface area contributed by atoms with Crippen LogP contribution >= 0.6 is 15.9 Å². The van der Waals surface area contributed by atoms with Crippen molar-refractivity contribution in [3.63, 3.8) is 0 Å². The molecule has 2 saturated carbocycles. The highest BCUT2D eigenvalue weighted by Crippen LogP contribution is 2.70. The Morgan fingerprint density at radius 3 is 2.79 bits per heavy atom. The lowest BCUT2D eigenvalue weighted by atomic mass is 9.59. The minimum Gasteiger partial charge on any atom is -0.373 e. The Labute approximate surface area is 152 Å². The van der Waals surface area contributed by atoms with Gasteiger partial charge in [0.05, 0.1) is 6.10 Å². The average Bonchev–Trinajstić information content (AvgIpc) is 3.01. The summed E-state index contributed by atoms with van der Waals surface area (Å²) in [7, 11) is 0. The summed E-state index contributed by atoms with van der Waals surface area (Å²) in [5.74, 6) is 1.24. The van der Waals surface area contributed by atoms with Gasteiger partial charge in [0.1, 0.15) is 0 Å². The van der Waals surface area contributed by atoms with E-state index in [1.807, 2.05) is 0 Å². The fourth-order valence-corrected chi connectivity index (χ4v) is 6.51. The minimum absolute atomic E-state index is 0.0951. The highest BCUT2D eigenvalue weighted by atomic mass is 79.9. The Kier molecular flexibility index (Phi) is 3.85. The molecule has 4 rings (SSSR count). The number of nitrogens with one attached hydrogen (secondary N) is 1. The summed E-state index contributed by atoms with van der Waals surface area (Å²) < 4.78 is 7.41. The van der Waals surface area contributed by atoms with Gasteiger partial charge in [0, 0.05) is 24.0 Å². The van der Waals surface area contributed by atoms with E-state index in [1.54, 1.807) is 6.92 Å². The lowest BCUT2D eigenvalue weighted by Gasteiger charge is -2.53. The minimum atomic E-state index is 0.0951. The van der Waals surface area contributed by atoms with E-state index in [1.165, 1.54) is 18.4 Å². The van der Waals surface area contributed by atoms with Crippen LogP contribution in [-0.2, 0) is 9.53 Å². The first kappa shape index (κ1) is 16.6. The predicted molar refractivity (Wildman–Crippen MR) is 97.5 cm³/mol. The molecule has 3 nitrogen and oxygen atoms in total. The van der Waals surface area contributed by atoms with E-state index in [9.17, 15) is 4.79 Å². The van der Waals surface area contributed by atoms with Crippen LogP contribution in [0.1, 0.15) is 51.7 Å². The smallest absolute Gasteiger partial charge is 0.217 e. The summed E-state index contributed by atoms with van der Waals surface area (Å²) in [5.41, 5.74) is 1.60. The van der Waals surface area contributed by atoms with Crippen molar-refractivity contribution >= 4 is 21.8 Å². The Bertz CT molecular complexity index is 673. The van der Waals surface area contributed by atoms with Gasteiger partial charge in [-0.2, -0.15) is 0 Å². The van der Waals surface area contributed by atoms with Gasteiger partial charge >= 0.3 is 0 Å². The highest BCUT2D eigenvalue weighted by molar-refractivity contribution is 9.10. The molecule has 3 fully saturated rings. The molecule has 5 atom stereocenters. The van der Waals surface area contributed by atoms with Crippen LogP contribution in [0.25, 0.3) is 0 Å². The molecule has 1 aliphatic heterocycles. The van der Waals surface area contributed by atoms with Crippen LogP contribution in [0, 0.1) is 22.7 Å². The van der Waals surface area contributed by atoms with Crippen LogP contribution in [0.15, 0.2) is 28.7 Å². The van der Waals surface area contributed by atoms with Crippen molar-refractivity contribution in [2.75, 3.05) is 6.61 Å².